The number of likely N-dealkylation sites (N-methyl/N-ethyl adjacent to an activating group) is 1. The Labute approximate surface area is 131 Å². The van der Waals surface area contributed by atoms with Crippen molar-refractivity contribution in [2.45, 2.75) is 46.2 Å². The number of halogens is 1. The lowest BCUT2D eigenvalue weighted by Crippen LogP contribution is -2.25. The summed E-state index contributed by atoms with van der Waals surface area (Å²) in [7, 11) is 0. The minimum atomic E-state index is 0.155. The fourth-order valence-electron chi connectivity index (χ4n) is 2.51. The van der Waals surface area contributed by atoms with Crippen LogP contribution in [0.3, 0.4) is 0 Å². The molecule has 0 spiro atoms. The van der Waals surface area contributed by atoms with Crippen LogP contribution in [0.1, 0.15) is 43.3 Å². The molecular weight excluding hydrogens is 284 g/mol. The Hall–Kier alpha value is -1.39. The molecular formula is C16H23ClN4. The van der Waals surface area contributed by atoms with Gasteiger partial charge in [-0.2, -0.15) is 5.10 Å². The molecule has 0 bridgehead atoms. The SMILES string of the molecule is CCCn1ncnc1CC(NCC)c1cccc(C)c1Cl. The normalized spacial score (nSPS) is 12.6. The van der Waals surface area contributed by atoms with Crippen LogP contribution in [0.5, 0.6) is 0 Å². The van der Waals surface area contributed by atoms with E-state index in [-0.39, 0.29) is 6.04 Å². The van der Waals surface area contributed by atoms with E-state index in [1.54, 1.807) is 6.33 Å². The molecule has 0 fully saturated rings. The number of nitrogens with one attached hydrogen (secondary N) is 1. The van der Waals surface area contributed by atoms with Gasteiger partial charge in [-0.05, 0) is 31.0 Å². The van der Waals surface area contributed by atoms with Crippen molar-refractivity contribution in [1.29, 1.82) is 0 Å². The topological polar surface area (TPSA) is 42.7 Å². The van der Waals surface area contributed by atoms with E-state index < -0.39 is 0 Å². The van der Waals surface area contributed by atoms with Crippen LogP contribution in [0.4, 0.5) is 0 Å². The van der Waals surface area contributed by atoms with Crippen LogP contribution in [-0.2, 0) is 13.0 Å². The highest BCUT2D eigenvalue weighted by atomic mass is 35.5. The van der Waals surface area contributed by atoms with Gasteiger partial charge < -0.3 is 5.32 Å². The summed E-state index contributed by atoms with van der Waals surface area (Å²) in [6.07, 6.45) is 3.47. The third-order valence-electron chi connectivity index (χ3n) is 3.57. The molecule has 0 saturated heterocycles. The van der Waals surface area contributed by atoms with Crippen LogP contribution < -0.4 is 5.32 Å². The highest BCUT2D eigenvalue weighted by Crippen LogP contribution is 2.28. The standard InChI is InChI=1S/C16H23ClN4/c1-4-9-21-15(19-11-20-21)10-14(18-5-2)13-8-6-7-12(3)16(13)17/h6-8,11,14,18H,4-5,9-10H2,1-3H3. The number of aryl methyl sites for hydroxylation is 2. The van der Waals surface area contributed by atoms with Gasteiger partial charge in [0, 0.05) is 24.0 Å². The summed E-state index contributed by atoms with van der Waals surface area (Å²) in [6.45, 7) is 8.07. The smallest absolute Gasteiger partial charge is 0.138 e. The molecule has 2 aromatic rings. The number of benzene rings is 1. The average molecular weight is 307 g/mol. The van der Waals surface area contributed by atoms with E-state index in [1.807, 2.05) is 17.7 Å². The van der Waals surface area contributed by atoms with Gasteiger partial charge in [0.15, 0.2) is 0 Å². The van der Waals surface area contributed by atoms with Gasteiger partial charge in [0.05, 0.1) is 0 Å². The van der Waals surface area contributed by atoms with E-state index in [2.05, 4.69) is 41.4 Å². The van der Waals surface area contributed by atoms with E-state index >= 15 is 0 Å². The van der Waals surface area contributed by atoms with Gasteiger partial charge in [-0.3, -0.25) is 4.68 Å². The van der Waals surface area contributed by atoms with Crippen molar-refractivity contribution in [3.8, 4) is 0 Å². The highest BCUT2D eigenvalue weighted by molar-refractivity contribution is 6.32. The molecule has 0 aliphatic carbocycles. The number of rotatable bonds is 7. The molecule has 1 aromatic heterocycles. The quantitative estimate of drug-likeness (QED) is 0.851. The summed E-state index contributed by atoms with van der Waals surface area (Å²) in [5.74, 6) is 1.00. The number of aromatic nitrogens is 3. The van der Waals surface area contributed by atoms with Crippen molar-refractivity contribution in [3.63, 3.8) is 0 Å². The maximum atomic E-state index is 6.48. The van der Waals surface area contributed by atoms with Crippen LogP contribution in [0.15, 0.2) is 24.5 Å². The Morgan fingerprint density at radius 3 is 2.86 bits per heavy atom. The molecule has 1 heterocycles. The van der Waals surface area contributed by atoms with E-state index in [0.29, 0.717) is 0 Å². The Kier molecular flexibility index (Phi) is 5.76. The fourth-order valence-corrected chi connectivity index (χ4v) is 2.76. The second kappa shape index (κ2) is 7.57. The van der Waals surface area contributed by atoms with Crippen molar-refractivity contribution in [1.82, 2.24) is 20.1 Å². The van der Waals surface area contributed by atoms with Gasteiger partial charge in [0.25, 0.3) is 0 Å². The first-order valence-electron chi connectivity index (χ1n) is 7.52. The molecule has 4 nitrogen and oxygen atoms in total. The molecule has 114 valence electrons. The van der Waals surface area contributed by atoms with E-state index in [9.17, 15) is 0 Å². The van der Waals surface area contributed by atoms with Crippen LogP contribution in [0.25, 0.3) is 0 Å². The molecule has 2 rings (SSSR count). The van der Waals surface area contributed by atoms with Crippen molar-refractivity contribution in [3.05, 3.63) is 46.5 Å². The Bertz CT molecular complexity index is 579. The zero-order valence-corrected chi connectivity index (χ0v) is 13.7. The van der Waals surface area contributed by atoms with Crippen molar-refractivity contribution >= 4 is 11.6 Å². The van der Waals surface area contributed by atoms with Gasteiger partial charge in [-0.15, -0.1) is 0 Å². The molecule has 0 amide bonds. The molecule has 21 heavy (non-hydrogen) atoms. The van der Waals surface area contributed by atoms with Crippen molar-refractivity contribution < 1.29 is 0 Å². The lowest BCUT2D eigenvalue weighted by atomic mass is 10.0. The lowest BCUT2D eigenvalue weighted by molar-refractivity contribution is 0.498. The number of hydrogen-bond donors (Lipinski definition) is 1. The average Bonchev–Trinajstić information content (AvgIpc) is 2.89. The van der Waals surface area contributed by atoms with Crippen LogP contribution in [-0.4, -0.2) is 21.3 Å². The third kappa shape index (κ3) is 3.83. The van der Waals surface area contributed by atoms with Gasteiger partial charge >= 0.3 is 0 Å². The third-order valence-corrected chi connectivity index (χ3v) is 4.08. The molecule has 1 N–H and O–H groups in total. The lowest BCUT2D eigenvalue weighted by Gasteiger charge is -2.20. The minimum absolute atomic E-state index is 0.155. The maximum absolute atomic E-state index is 6.48. The van der Waals surface area contributed by atoms with Gasteiger partial charge in [-0.1, -0.05) is 43.6 Å². The van der Waals surface area contributed by atoms with Gasteiger partial charge in [0.1, 0.15) is 12.2 Å². The van der Waals surface area contributed by atoms with Gasteiger partial charge in [-0.25, -0.2) is 4.98 Å². The second-order valence-electron chi connectivity index (χ2n) is 5.19. The summed E-state index contributed by atoms with van der Waals surface area (Å²) < 4.78 is 1.98. The van der Waals surface area contributed by atoms with Crippen molar-refractivity contribution in [2.24, 2.45) is 0 Å². The first kappa shape index (κ1) is 16.0. The van der Waals surface area contributed by atoms with Gasteiger partial charge in [0.2, 0.25) is 0 Å². The summed E-state index contributed by atoms with van der Waals surface area (Å²) in [5, 5.41) is 8.64. The Morgan fingerprint density at radius 1 is 1.33 bits per heavy atom. The largest absolute Gasteiger partial charge is 0.310 e. The molecule has 1 aromatic carbocycles. The predicted octanol–water partition coefficient (Wildman–Crippen LogP) is 3.54. The van der Waals surface area contributed by atoms with E-state index in [0.717, 1.165) is 47.9 Å². The molecule has 1 atom stereocenters. The van der Waals surface area contributed by atoms with Crippen molar-refractivity contribution in [2.75, 3.05) is 6.54 Å². The molecule has 0 radical (unpaired) electrons. The predicted molar refractivity (Wildman–Crippen MR) is 86.6 cm³/mol. The Balaban J connectivity index is 2.26. The molecule has 0 aliphatic rings. The Morgan fingerprint density at radius 2 is 2.14 bits per heavy atom. The highest BCUT2D eigenvalue weighted by Gasteiger charge is 2.18. The molecule has 1 unspecified atom stereocenters. The van der Waals surface area contributed by atoms with E-state index in [1.165, 1.54) is 0 Å². The van der Waals surface area contributed by atoms with Crippen LogP contribution in [0, 0.1) is 6.92 Å². The minimum Gasteiger partial charge on any atom is -0.310 e. The maximum Gasteiger partial charge on any atom is 0.138 e. The number of hydrogen-bond acceptors (Lipinski definition) is 3. The second-order valence-corrected chi connectivity index (χ2v) is 5.57. The fraction of sp³-hybridized carbons (Fsp3) is 0.500. The van der Waals surface area contributed by atoms with Crippen LogP contribution >= 0.6 is 11.6 Å². The first-order chi connectivity index (χ1) is 10.2. The van der Waals surface area contributed by atoms with Crippen LogP contribution in [0.2, 0.25) is 5.02 Å². The molecule has 5 heteroatoms. The zero-order chi connectivity index (χ0) is 15.2. The summed E-state index contributed by atoms with van der Waals surface area (Å²) in [6, 6.07) is 6.33. The monoisotopic (exact) mass is 306 g/mol. The number of nitrogens with zero attached hydrogens (tertiary/aromatic N) is 3. The summed E-state index contributed by atoms with van der Waals surface area (Å²) in [5.41, 5.74) is 2.23. The zero-order valence-electron chi connectivity index (χ0n) is 12.9. The first-order valence-corrected chi connectivity index (χ1v) is 7.90. The summed E-state index contributed by atoms with van der Waals surface area (Å²) in [4.78, 5) is 4.40. The van der Waals surface area contributed by atoms with E-state index in [4.69, 9.17) is 11.6 Å². The summed E-state index contributed by atoms with van der Waals surface area (Å²) >= 11 is 6.48. The molecule has 0 aliphatic heterocycles. The molecule has 0 saturated carbocycles.